The fourth-order valence-corrected chi connectivity index (χ4v) is 3.69. The molecular formula is C22H31N3O6. The van der Waals surface area contributed by atoms with Crippen LogP contribution in [0.1, 0.15) is 50.9 Å². The molecule has 0 aromatic heterocycles. The van der Waals surface area contributed by atoms with Gasteiger partial charge in [-0.1, -0.05) is 0 Å². The number of carbonyl (C=O) groups excluding carboxylic acids is 3. The molecule has 0 spiro atoms. The van der Waals surface area contributed by atoms with Gasteiger partial charge in [-0.25, -0.2) is 4.79 Å². The number of fused-ring (bicyclic) bond motifs is 1. The van der Waals surface area contributed by atoms with Crippen LogP contribution in [0.2, 0.25) is 0 Å². The number of rotatable bonds is 5. The number of nitrogens with zero attached hydrogens (tertiary/aromatic N) is 2. The van der Waals surface area contributed by atoms with Crippen LogP contribution in [0.25, 0.3) is 0 Å². The first kappa shape index (κ1) is 22.9. The van der Waals surface area contributed by atoms with E-state index in [2.05, 4.69) is 5.32 Å². The van der Waals surface area contributed by atoms with E-state index in [0.29, 0.717) is 35.8 Å². The molecule has 1 aromatic rings. The van der Waals surface area contributed by atoms with Crippen molar-refractivity contribution in [3.63, 3.8) is 0 Å². The van der Waals surface area contributed by atoms with Crippen LogP contribution in [0, 0.1) is 0 Å². The largest absolute Gasteiger partial charge is 0.454 e. The second-order valence-corrected chi connectivity index (χ2v) is 8.99. The molecule has 0 bridgehead atoms. The van der Waals surface area contributed by atoms with E-state index in [0.717, 1.165) is 12.8 Å². The lowest BCUT2D eigenvalue weighted by atomic mass is 10.0. The van der Waals surface area contributed by atoms with Crippen molar-refractivity contribution in [2.75, 3.05) is 38.8 Å². The summed E-state index contributed by atoms with van der Waals surface area (Å²) < 4.78 is 16.1. The van der Waals surface area contributed by atoms with Crippen molar-refractivity contribution in [3.05, 3.63) is 17.7 Å². The second kappa shape index (κ2) is 9.13. The van der Waals surface area contributed by atoms with Gasteiger partial charge in [0.05, 0.1) is 12.2 Å². The molecule has 1 fully saturated rings. The topological polar surface area (TPSA) is 97.4 Å². The highest BCUT2D eigenvalue weighted by Crippen LogP contribution is 2.37. The minimum absolute atomic E-state index is 0.0380. The third-order valence-corrected chi connectivity index (χ3v) is 5.23. The van der Waals surface area contributed by atoms with E-state index in [4.69, 9.17) is 14.2 Å². The smallest absolute Gasteiger partial charge is 0.410 e. The SMILES string of the molecule is CC(=O)c1cc2c(cc1NC(=O)CN(C)C1CCCN(C(=O)OC(C)(C)C)C1)OCO2. The number of ether oxygens (including phenoxy) is 3. The quantitative estimate of drug-likeness (QED) is 0.713. The van der Waals surface area contributed by atoms with Gasteiger partial charge in [0, 0.05) is 30.8 Å². The zero-order chi connectivity index (χ0) is 22.8. The summed E-state index contributed by atoms with van der Waals surface area (Å²) in [6, 6.07) is 3.24. The van der Waals surface area contributed by atoms with Crippen LogP contribution in [0.15, 0.2) is 12.1 Å². The van der Waals surface area contributed by atoms with E-state index in [9.17, 15) is 14.4 Å². The number of hydrogen-bond acceptors (Lipinski definition) is 7. The van der Waals surface area contributed by atoms with Crippen LogP contribution in [-0.2, 0) is 9.53 Å². The molecule has 1 atom stereocenters. The lowest BCUT2D eigenvalue weighted by Gasteiger charge is -2.37. The number of benzene rings is 1. The summed E-state index contributed by atoms with van der Waals surface area (Å²) >= 11 is 0. The molecule has 1 saturated heterocycles. The Bertz CT molecular complexity index is 864. The molecule has 2 aliphatic rings. The monoisotopic (exact) mass is 433 g/mol. The average Bonchev–Trinajstić information content (AvgIpc) is 3.13. The van der Waals surface area contributed by atoms with E-state index in [1.54, 1.807) is 17.0 Å². The molecule has 3 rings (SSSR count). The maximum Gasteiger partial charge on any atom is 0.410 e. The van der Waals surface area contributed by atoms with Crippen molar-refractivity contribution in [1.82, 2.24) is 9.80 Å². The van der Waals surface area contributed by atoms with E-state index in [1.165, 1.54) is 6.92 Å². The van der Waals surface area contributed by atoms with E-state index >= 15 is 0 Å². The average molecular weight is 434 g/mol. The van der Waals surface area contributed by atoms with E-state index in [-0.39, 0.29) is 37.2 Å². The number of ketones is 1. The number of anilines is 1. The Kier molecular flexibility index (Phi) is 6.74. The number of Topliss-reactive ketones (excluding diaryl/α,β-unsaturated/α-hetero) is 1. The summed E-state index contributed by atoms with van der Waals surface area (Å²) in [4.78, 5) is 40.7. The Morgan fingerprint density at radius 1 is 1.23 bits per heavy atom. The van der Waals surface area contributed by atoms with Crippen LogP contribution in [0.5, 0.6) is 11.5 Å². The number of nitrogens with one attached hydrogen (secondary N) is 1. The number of likely N-dealkylation sites (N-methyl/N-ethyl adjacent to an activating group) is 1. The normalized spacial score (nSPS) is 18.1. The van der Waals surface area contributed by atoms with Crippen LogP contribution in [0.3, 0.4) is 0 Å². The molecule has 170 valence electrons. The molecular weight excluding hydrogens is 402 g/mol. The predicted molar refractivity (Wildman–Crippen MR) is 115 cm³/mol. The summed E-state index contributed by atoms with van der Waals surface area (Å²) in [5.74, 6) is 0.555. The first-order valence-corrected chi connectivity index (χ1v) is 10.5. The van der Waals surface area contributed by atoms with Gasteiger partial charge < -0.3 is 24.4 Å². The second-order valence-electron chi connectivity index (χ2n) is 8.99. The van der Waals surface area contributed by atoms with Gasteiger partial charge >= 0.3 is 6.09 Å². The van der Waals surface area contributed by atoms with Crippen molar-refractivity contribution >= 4 is 23.5 Å². The van der Waals surface area contributed by atoms with Gasteiger partial charge in [-0.2, -0.15) is 0 Å². The van der Waals surface area contributed by atoms with Crippen molar-refractivity contribution in [2.45, 2.75) is 52.2 Å². The van der Waals surface area contributed by atoms with Gasteiger partial charge in [0.1, 0.15) is 5.60 Å². The minimum atomic E-state index is -0.547. The molecule has 2 amide bonds. The maximum atomic E-state index is 12.7. The van der Waals surface area contributed by atoms with Crippen LogP contribution >= 0.6 is 0 Å². The molecule has 9 heteroatoms. The summed E-state index contributed by atoms with van der Waals surface area (Å²) in [6.45, 7) is 8.32. The van der Waals surface area contributed by atoms with Gasteiger partial charge in [-0.3, -0.25) is 14.5 Å². The van der Waals surface area contributed by atoms with Gasteiger partial charge in [-0.05, 0) is 53.7 Å². The first-order valence-electron chi connectivity index (χ1n) is 10.5. The van der Waals surface area contributed by atoms with Crippen molar-refractivity contribution in [3.8, 4) is 11.5 Å². The fraction of sp³-hybridized carbons (Fsp3) is 0.591. The predicted octanol–water partition coefficient (Wildman–Crippen LogP) is 2.89. The first-order chi connectivity index (χ1) is 14.5. The zero-order valence-electron chi connectivity index (χ0n) is 18.8. The molecule has 1 aromatic carbocycles. The van der Waals surface area contributed by atoms with Gasteiger partial charge in [0.15, 0.2) is 17.3 Å². The number of carbonyl (C=O) groups is 3. The van der Waals surface area contributed by atoms with E-state index in [1.807, 2.05) is 32.7 Å². The summed E-state index contributed by atoms with van der Waals surface area (Å²) in [7, 11) is 1.86. The molecule has 2 heterocycles. The standard InChI is InChI=1S/C22H31N3O6/c1-14(26)16-9-18-19(30-13-29-18)10-17(16)23-20(27)12-24(5)15-7-6-8-25(11-15)21(28)31-22(2,3)4/h9-10,15H,6-8,11-13H2,1-5H3,(H,23,27). The Morgan fingerprint density at radius 2 is 1.90 bits per heavy atom. The minimum Gasteiger partial charge on any atom is -0.454 e. The lowest BCUT2D eigenvalue weighted by Crippen LogP contribution is -2.51. The zero-order valence-corrected chi connectivity index (χ0v) is 18.8. The lowest BCUT2D eigenvalue weighted by molar-refractivity contribution is -0.117. The van der Waals surface area contributed by atoms with E-state index < -0.39 is 5.60 Å². The molecule has 0 radical (unpaired) electrons. The summed E-state index contributed by atoms with van der Waals surface area (Å²) in [5.41, 5.74) is 0.220. The summed E-state index contributed by atoms with van der Waals surface area (Å²) in [6.07, 6.45) is 1.39. The molecule has 0 saturated carbocycles. The molecule has 9 nitrogen and oxygen atoms in total. The van der Waals surface area contributed by atoms with Crippen LogP contribution in [0.4, 0.5) is 10.5 Å². The highest BCUT2D eigenvalue weighted by Gasteiger charge is 2.30. The van der Waals surface area contributed by atoms with Crippen LogP contribution < -0.4 is 14.8 Å². The number of piperidine rings is 1. The third kappa shape index (κ3) is 5.88. The van der Waals surface area contributed by atoms with Gasteiger partial charge in [-0.15, -0.1) is 0 Å². The molecule has 2 aliphatic heterocycles. The highest BCUT2D eigenvalue weighted by atomic mass is 16.7. The molecule has 1 N–H and O–H groups in total. The number of amides is 2. The maximum absolute atomic E-state index is 12.7. The van der Waals surface area contributed by atoms with Crippen molar-refractivity contribution in [1.29, 1.82) is 0 Å². The Labute approximate surface area is 182 Å². The number of likely N-dealkylation sites (tertiary alicyclic amines) is 1. The third-order valence-electron chi connectivity index (χ3n) is 5.23. The molecule has 0 aliphatic carbocycles. The van der Waals surface area contributed by atoms with Gasteiger partial charge in [0.25, 0.3) is 0 Å². The van der Waals surface area contributed by atoms with Crippen molar-refractivity contribution < 1.29 is 28.6 Å². The molecule has 31 heavy (non-hydrogen) atoms. The van der Waals surface area contributed by atoms with Crippen molar-refractivity contribution in [2.24, 2.45) is 0 Å². The Hall–Kier alpha value is -2.81. The Morgan fingerprint density at radius 3 is 2.55 bits per heavy atom. The fourth-order valence-electron chi connectivity index (χ4n) is 3.69. The Balaban J connectivity index is 1.61. The van der Waals surface area contributed by atoms with Crippen LogP contribution in [-0.4, -0.2) is 72.7 Å². The molecule has 1 unspecified atom stereocenters. The summed E-state index contributed by atoms with van der Waals surface area (Å²) in [5, 5.41) is 2.81. The van der Waals surface area contributed by atoms with Gasteiger partial charge in [0.2, 0.25) is 12.7 Å². The number of hydrogen-bond donors (Lipinski definition) is 1. The highest BCUT2D eigenvalue weighted by molar-refractivity contribution is 6.05.